The van der Waals surface area contributed by atoms with Gasteiger partial charge in [-0.3, -0.25) is 9.59 Å². The molecule has 2 aromatic rings. The van der Waals surface area contributed by atoms with Crippen molar-refractivity contribution in [3.05, 3.63) is 48.0 Å². The molecular formula is C18H20FN3O4. The van der Waals surface area contributed by atoms with Crippen LogP contribution in [0.2, 0.25) is 0 Å². The van der Waals surface area contributed by atoms with Crippen LogP contribution in [0.3, 0.4) is 0 Å². The molecular weight excluding hydrogens is 341 g/mol. The molecule has 26 heavy (non-hydrogen) atoms. The van der Waals surface area contributed by atoms with Gasteiger partial charge in [0.1, 0.15) is 11.5 Å². The first-order valence-electron chi connectivity index (χ1n) is 8.48. The molecule has 1 aliphatic rings. The van der Waals surface area contributed by atoms with E-state index in [4.69, 9.17) is 9.84 Å². The summed E-state index contributed by atoms with van der Waals surface area (Å²) in [7, 11) is 0. The van der Waals surface area contributed by atoms with Crippen molar-refractivity contribution in [1.29, 1.82) is 0 Å². The van der Waals surface area contributed by atoms with Crippen molar-refractivity contribution in [2.75, 3.05) is 19.7 Å². The Labute approximate surface area is 150 Å². The summed E-state index contributed by atoms with van der Waals surface area (Å²) in [6, 6.07) is 7.63. The lowest BCUT2D eigenvalue weighted by Gasteiger charge is -2.24. The maximum Gasteiger partial charge on any atom is 0.305 e. The molecule has 3 rings (SSSR count). The van der Waals surface area contributed by atoms with Crippen LogP contribution in [0.5, 0.6) is 0 Å². The van der Waals surface area contributed by atoms with Gasteiger partial charge in [-0.2, -0.15) is 5.10 Å². The molecule has 0 bridgehead atoms. The van der Waals surface area contributed by atoms with E-state index >= 15 is 0 Å². The number of nitrogens with zero attached hydrogens (tertiary/aromatic N) is 3. The maximum absolute atomic E-state index is 13.9. The van der Waals surface area contributed by atoms with Crippen molar-refractivity contribution in [2.45, 2.75) is 25.4 Å². The van der Waals surface area contributed by atoms with Crippen molar-refractivity contribution in [2.24, 2.45) is 0 Å². The first-order chi connectivity index (χ1) is 12.5. The van der Waals surface area contributed by atoms with Gasteiger partial charge in [0.05, 0.1) is 12.5 Å². The highest BCUT2D eigenvalue weighted by atomic mass is 19.1. The molecule has 8 heteroatoms. The topological polar surface area (TPSA) is 84.7 Å². The van der Waals surface area contributed by atoms with Gasteiger partial charge in [-0.25, -0.2) is 9.07 Å². The van der Waals surface area contributed by atoms with E-state index in [0.717, 1.165) is 12.8 Å². The summed E-state index contributed by atoms with van der Waals surface area (Å²) in [5.74, 6) is -1.82. The molecule has 1 N–H and O–H groups in total. The largest absolute Gasteiger partial charge is 0.481 e. The van der Waals surface area contributed by atoms with Gasteiger partial charge in [-0.1, -0.05) is 12.1 Å². The van der Waals surface area contributed by atoms with E-state index in [9.17, 15) is 14.0 Å². The van der Waals surface area contributed by atoms with Crippen LogP contribution in [0.15, 0.2) is 36.5 Å². The zero-order valence-corrected chi connectivity index (χ0v) is 14.2. The Morgan fingerprint density at radius 1 is 1.35 bits per heavy atom. The second kappa shape index (κ2) is 8.09. The number of aliphatic carboxylic acids is 1. The second-order valence-electron chi connectivity index (χ2n) is 6.13. The molecule has 0 unspecified atom stereocenters. The minimum absolute atomic E-state index is 0.0700. The third kappa shape index (κ3) is 4.26. The molecule has 0 spiro atoms. The van der Waals surface area contributed by atoms with Gasteiger partial charge in [0, 0.05) is 25.9 Å². The minimum Gasteiger partial charge on any atom is -0.481 e. The minimum atomic E-state index is -0.980. The third-order valence-electron chi connectivity index (χ3n) is 4.24. The zero-order valence-electron chi connectivity index (χ0n) is 14.2. The fraction of sp³-hybridized carbons (Fsp3) is 0.389. The van der Waals surface area contributed by atoms with Gasteiger partial charge in [-0.05, 0) is 31.0 Å². The number of rotatable bonds is 7. The van der Waals surface area contributed by atoms with Gasteiger partial charge >= 0.3 is 5.97 Å². The number of carbonyl (C=O) groups excluding carboxylic acids is 1. The van der Waals surface area contributed by atoms with Crippen LogP contribution in [-0.4, -0.2) is 57.5 Å². The van der Waals surface area contributed by atoms with E-state index < -0.39 is 17.7 Å². The fourth-order valence-electron chi connectivity index (χ4n) is 2.91. The summed E-state index contributed by atoms with van der Waals surface area (Å²) in [5, 5.41) is 13.1. The van der Waals surface area contributed by atoms with Crippen LogP contribution < -0.4 is 0 Å². The number of benzene rings is 1. The number of aromatic nitrogens is 2. The number of hydrogen-bond donors (Lipinski definition) is 1. The number of amides is 1. The van der Waals surface area contributed by atoms with Crippen molar-refractivity contribution in [3.63, 3.8) is 0 Å². The van der Waals surface area contributed by atoms with Crippen LogP contribution in [-0.2, 0) is 9.53 Å². The smallest absolute Gasteiger partial charge is 0.305 e. The lowest BCUT2D eigenvalue weighted by molar-refractivity contribution is -0.137. The zero-order chi connectivity index (χ0) is 18.5. The summed E-state index contributed by atoms with van der Waals surface area (Å²) < 4.78 is 20.7. The van der Waals surface area contributed by atoms with Gasteiger partial charge in [-0.15, -0.1) is 0 Å². The van der Waals surface area contributed by atoms with E-state index in [0.29, 0.717) is 13.2 Å². The Morgan fingerprint density at radius 3 is 2.85 bits per heavy atom. The second-order valence-corrected chi connectivity index (χ2v) is 6.13. The number of ether oxygens (including phenoxy) is 1. The summed E-state index contributed by atoms with van der Waals surface area (Å²) in [6.07, 6.45) is 3.01. The average molecular weight is 361 g/mol. The van der Waals surface area contributed by atoms with Crippen molar-refractivity contribution < 1.29 is 23.8 Å². The lowest BCUT2D eigenvalue weighted by Crippen LogP contribution is -2.39. The van der Waals surface area contributed by atoms with Gasteiger partial charge in [0.2, 0.25) is 0 Å². The highest BCUT2D eigenvalue weighted by Crippen LogP contribution is 2.16. The van der Waals surface area contributed by atoms with E-state index in [-0.39, 0.29) is 30.5 Å². The fourth-order valence-corrected chi connectivity index (χ4v) is 2.91. The number of carboxylic acid groups (broad SMARTS) is 1. The first-order valence-corrected chi connectivity index (χ1v) is 8.48. The normalized spacial score (nSPS) is 16.6. The number of halogens is 1. The number of carbonyl (C=O) groups is 2. The van der Waals surface area contributed by atoms with Gasteiger partial charge < -0.3 is 14.7 Å². The molecule has 138 valence electrons. The van der Waals surface area contributed by atoms with Crippen LogP contribution in [0.25, 0.3) is 5.69 Å². The molecule has 1 atom stereocenters. The van der Waals surface area contributed by atoms with E-state index in [1.54, 1.807) is 18.2 Å². The third-order valence-corrected chi connectivity index (χ3v) is 4.24. The molecule has 0 radical (unpaired) electrons. The number of hydrogen-bond acceptors (Lipinski definition) is 4. The Hall–Kier alpha value is -2.74. The predicted molar refractivity (Wildman–Crippen MR) is 90.7 cm³/mol. The molecule has 1 amide bonds. The molecule has 1 aromatic carbocycles. The first kappa shape index (κ1) is 18.1. The summed E-state index contributed by atoms with van der Waals surface area (Å²) in [4.78, 5) is 25.1. The Kier molecular flexibility index (Phi) is 5.62. The number of para-hydroxylation sites is 1. The van der Waals surface area contributed by atoms with Crippen LogP contribution in [0, 0.1) is 5.82 Å². The summed E-state index contributed by atoms with van der Waals surface area (Å²) in [5.41, 5.74) is 0.374. The highest BCUT2D eigenvalue weighted by molar-refractivity contribution is 5.92. The SMILES string of the molecule is O=C(O)CCN(C[C@H]1CCCO1)C(=O)c1ccn(-c2ccccc2F)n1. The molecule has 1 saturated heterocycles. The summed E-state index contributed by atoms with van der Waals surface area (Å²) in [6.45, 7) is 1.03. The molecule has 1 fully saturated rings. The highest BCUT2D eigenvalue weighted by Gasteiger charge is 2.25. The quantitative estimate of drug-likeness (QED) is 0.816. The molecule has 2 heterocycles. The van der Waals surface area contributed by atoms with Crippen molar-refractivity contribution in [1.82, 2.24) is 14.7 Å². The Bertz CT molecular complexity index is 786. The van der Waals surface area contributed by atoms with Gasteiger partial charge in [0.15, 0.2) is 5.69 Å². The monoisotopic (exact) mass is 361 g/mol. The van der Waals surface area contributed by atoms with E-state index in [1.165, 1.54) is 27.9 Å². The maximum atomic E-state index is 13.9. The number of carboxylic acids is 1. The van der Waals surface area contributed by atoms with Crippen LogP contribution in [0.4, 0.5) is 4.39 Å². The van der Waals surface area contributed by atoms with Crippen molar-refractivity contribution in [3.8, 4) is 5.69 Å². The molecule has 1 aliphatic heterocycles. The lowest BCUT2D eigenvalue weighted by atomic mass is 10.2. The summed E-state index contributed by atoms with van der Waals surface area (Å²) >= 11 is 0. The molecule has 1 aromatic heterocycles. The average Bonchev–Trinajstić information content (AvgIpc) is 3.30. The van der Waals surface area contributed by atoms with Crippen molar-refractivity contribution >= 4 is 11.9 Å². The van der Waals surface area contributed by atoms with E-state index in [2.05, 4.69) is 5.10 Å². The standard InChI is InChI=1S/C18H20FN3O4/c19-14-5-1-2-6-16(14)22-10-7-15(20-22)18(25)21(9-8-17(23)24)12-13-4-3-11-26-13/h1-2,5-7,10,13H,3-4,8-9,11-12H2,(H,23,24)/t13-/m1/s1. The molecule has 7 nitrogen and oxygen atoms in total. The van der Waals surface area contributed by atoms with Gasteiger partial charge in [0.25, 0.3) is 5.91 Å². The molecule has 0 aliphatic carbocycles. The van der Waals surface area contributed by atoms with E-state index in [1.807, 2.05) is 0 Å². The Morgan fingerprint density at radius 2 is 2.15 bits per heavy atom. The predicted octanol–water partition coefficient (Wildman–Crippen LogP) is 2.11. The Balaban J connectivity index is 1.77. The van der Waals surface area contributed by atoms with Crippen LogP contribution >= 0.6 is 0 Å². The van der Waals surface area contributed by atoms with Crippen LogP contribution in [0.1, 0.15) is 29.8 Å². The molecule has 0 saturated carbocycles.